The largest absolute Gasteiger partial charge is 0.497 e. The highest BCUT2D eigenvalue weighted by Gasteiger charge is 2.27. The minimum atomic E-state index is -1.02. The number of carbonyl (C=O) groups is 3. The highest BCUT2D eigenvalue weighted by Crippen LogP contribution is 2.30. The van der Waals surface area contributed by atoms with E-state index >= 15 is 0 Å². The van der Waals surface area contributed by atoms with Crippen molar-refractivity contribution < 1.29 is 29.0 Å². The topological polar surface area (TPSA) is 127 Å². The van der Waals surface area contributed by atoms with Gasteiger partial charge in [-0.15, -0.1) is 11.3 Å². The van der Waals surface area contributed by atoms with E-state index in [2.05, 4.69) is 22.5 Å². The van der Waals surface area contributed by atoms with Gasteiger partial charge in [-0.25, -0.2) is 4.98 Å². The van der Waals surface area contributed by atoms with Crippen molar-refractivity contribution in [3.63, 3.8) is 0 Å². The van der Waals surface area contributed by atoms with E-state index < -0.39 is 18.1 Å². The van der Waals surface area contributed by atoms with Crippen LogP contribution in [0, 0.1) is 17.8 Å². The molecule has 1 heterocycles. The van der Waals surface area contributed by atoms with E-state index in [1.807, 2.05) is 68.4 Å². The first-order valence-electron chi connectivity index (χ1n) is 15.1. The van der Waals surface area contributed by atoms with Crippen LogP contribution in [0.15, 0.2) is 60.0 Å². The lowest BCUT2D eigenvalue weighted by Gasteiger charge is -2.25. The minimum absolute atomic E-state index is 0.0859. The zero-order valence-electron chi connectivity index (χ0n) is 26.4. The Kier molecular flexibility index (Phi) is 13.4. The van der Waals surface area contributed by atoms with Crippen molar-refractivity contribution in [3.05, 3.63) is 81.8 Å². The Morgan fingerprint density at radius 1 is 0.955 bits per heavy atom. The number of aromatic nitrogens is 1. The number of aliphatic hydroxyl groups is 1. The summed E-state index contributed by atoms with van der Waals surface area (Å²) in [6, 6.07) is 16.3. The summed E-state index contributed by atoms with van der Waals surface area (Å²) < 4.78 is 10.2. The third-order valence-corrected chi connectivity index (χ3v) is 9.09. The van der Waals surface area contributed by atoms with Gasteiger partial charge in [0.25, 0.3) is 5.91 Å². The molecular formula is C34H45N3O6S. The first kappa shape index (κ1) is 34.7. The fourth-order valence-corrected chi connectivity index (χ4v) is 5.77. The fourth-order valence-electron chi connectivity index (χ4n) is 4.97. The molecule has 2 amide bonds. The fraction of sp³-hybridized carbons (Fsp3) is 0.471. The molecule has 3 rings (SSSR count). The zero-order chi connectivity index (χ0) is 32.2. The molecule has 0 bridgehead atoms. The van der Waals surface area contributed by atoms with Crippen LogP contribution in [0.25, 0.3) is 0 Å². The predicted octanol–water partition coefficient (Wildman–Crippen LogP) is 5.66. The van der Waals surface area contributed by atoms with E-state index in [9.17, 15) is 19.5 Å². The Bertz CT molecular complexity index is 1350. The number of rotatable bonds is 16. The van der Waals surface area contributed by atoms with Crippen LogP contribution in [0.4, 0.5) is 0 Å². The molecule has 0 aliphatic heterocycles. The highest BCUT2D eigenvalue weighted by molar-refractivity contribution is 7.09. The molecule has 44 heavy (non-hydrogen) atoms. The van der Waals surface area contributed by atoms with Crippen LogP contribution < -0.4 is 15.4 Å². The van der Waals surface area contributed by atoms with Gasteiger partial charge in [-0.3, -0.25) is 14.4 Å². The normalized spacial score (nSPS) is 15.2. The summed E-state index contributed by atoms with van der Waals surface area (Å²) in [4.78, 5) is 43.0. The standard InChI is InChI=1S/C34H45N3O6S/c1-7-21(2)23(4)31(39)36-28(25-13-15-27(42-5)16-14-25)19-30(38)33-37-29(20-44-33)32(40)35-26(17-22(3)34(41)43-6)18-24-11-9-8-10-12-24/h8-16,20-23,26,28,30,38H,7,17-19H2,1-6H3,(H,35,40)(H,36,39)/t21-,22-,23-,26+,28+,30+/m0/s1. The number of hydrogen-bond acceptors (Lipinski definition) is 8. The molecule has 0 fully saturated rings. The van der Waals surface area contributed by atoms with Crippen molar-refractivity contribution >= 4 is 29.1 Å². The third kappa shape index (κ3) is 9.89. The Morgan fingerprint density at radius 3 is 2.25 bits per heavy atom. The van der Waals surface area contributed by atoms with Crippen molar-refractivity contribution in [2.45, 2.75) is 71.6 Å². The molecule has 0 aliphatic carbocycles. The summed E-state index contributed by atoms with van der Waals surface area (Å²) in [6.45, 7) is 7.78. The molecule has 0 saturated carbocycles. The summed E-state index contributed by atoms with van der Waals surface area (Å²) in [5.41, 5.74) is 2.04. The Hall–Kier alpha value is -3.76. The SMILES string of the molecule is CC[C@H](C)[C@H](C)C(=O)N[C@H](C[C@@H](O)c1nc(C(=O)N[C@@H](Cc2ccccc2)C[C@H](C)C(=O)OC)cs1)c1ccc(OC)cc1. The van der Waals surface area contributed by atoms with Crippen LogP contribution in [-0.4, -0.2) is 48.1 Å². The van der Waals surface area contributed by atoms with Gasteiger partial charge in [-0.2, -0.15) is 0 Å². The molecule has 3 aromatic rings. The minimum Gasteiger partial charge on any atom is -0.497 e. The van der Waals surface area contributed by atoms with Gasteiger partial charge in [0.15, 0.2) is 0 Å². The average molecular weight is 624 g/mol. The summed E-state index contributed by atoms with van der Waals surface area (Å²) >= 11 is 1.19. The number of amides is 2. The summed E-state index contributed by atoms with van der Waals surface area (Å²) in [7, 11) is 2.94. The van der Waals surface area contributed by atoms with Gasteiger partial charge < -0.3 is 25.2 Å². The average Bonchev–Trinajstić information content (AvgIpc) is 3.54. The summed E-state index contributed by atoms with van der Waals surface area (Å²) in [5.74, 6) is -0.522. The lowest BCUT2D eigenvalue weighted by molar-refractivity contribution is -0.145. The lowest BCUT2D eigenvalue weighted by Crippen LogP contribution is -2.39. The number of methoxy groups -OCH3 is 2. The lowest BCUT2D eigenvalue weighted by atomic mass is 9.91. The molecule has 6 atom stereocenters. The van der Waals surface area contributed by atoms with Crippen molar-refractivity contribution in [3.8, 4) is 5.75 Å². The molecule has 3 N–H and O–H groups in total. The number of nitrogens with zero attached hydrogens (tertiary/aromatic N) is 1. The van der Waals surface area contributed by atoms with E-state index in [0.29, 0.717) is 23.6 Å². The van der Waals surface area contributed by atoms with Gasteiger partial charge in [-0.1, -0.05) is 76.6 Å². The summed E-state index contributed by atoms with van der Waals surface area (Å²) in [5, 5.41) is 19.4. The van der Waals surface area contributed by atoms with Crippen molar-refractivity contribution in [2.24, 2.45) is 17.8 Å². The van der Waals surface area contributed by atoms with Gasteiger partial charge in [0.2, 0.25) is 5.91 Å². The summed E-state index contributed by atoms with van der Waals surface area (Å²) in [6.07, 6.45) is 0.958. The number of thiazole rings is 1. The maximum absolute atomic E-state index is 13.3. The second-order valence-electron chi connectivity index (χ2n) is 11.4. The second-order valence-corrected chi connectivity index (χ2v) is 12.2. The number of aliphatic hydroxyl groups excluding tert-OH is 1. The molecule has 1 aromatic heterocycles. The molecule has 0 radical (unpaired) electrons. The highest BCUT2D eigenvalue weighted by atomic mass is 32.1. The second kappa shape index (κ2) is 16.9. The van der Waals surface area contributed by atoms with Crippen LogP contribution in [-0.2, 0) is 20.7 Å². The van der Waals surface area contributed by atoms with Crippen LogP contribution in [0.1, 0.15) is 85.7 Å². The first-order valence-corrected chi connectivity index (χ1v) is 15.9. The molecule has 0 aliphatic rings. The molecule has 0 spiro atoms. The quantitative estimate of drug-likeness (QED) is 0.176. The Labute approximate surface area is 264 Å². The van der Waals surface area contributed by atoms with Gasteiger partial charge in [0, 0.05) is 23.8 Å². The van der Waals surface area contributed by atoms with Gasteiger partial charge in [-0.05, 0) is 42.0 Å². The molecule has 10 heteroatoms. The number of benzene rings is 2. The number of carbonyl (C=O) groups excluding carboxylic acids is 3. The smallest absolute Gasteiger partial charge is 0.308 e. The Morgan fingerprint density at radius 2 is 1.64 bits per heavy atom. The van der Waals surface area contributed by atoms with Gasteiger partial charge >= 0.3 is 5.97 Å². The Balaban J connectivity index is 1.75. The number of ether oxygens (including phenoxy) is 2. The molecule has 0 saturated heterocycles. The predicted molar refractivity (Wildman–Crippen MR) is 171 cm³/mol. The molecule has 9 nitrogen and oxygen atoms in total. The van der Waals surface area contributed by atoms with Crippen LogP contribution in [0.2, 0.25) is 0 Å². The molecule has 238 valence electrons. The molecule has 2 aromatic carbocycles. The molecule has 0 unspecified atom stereocenters. The van der Waals surface area contributed by atoms with E-state index in [0.717, 1.165) is 17.5 Å². The van der Waals surface area contributed by atoms with Crippen LogP contribution in [0.5, 0.6) is 5.75 Å². The van der Waals surface area contributed by atoms with Crippen molar-refractivity contribution in [1.82, 2.24) is 15.6 Å². The molecular weight excluding hydrogens is 578 g/mol. The first-order chi connectivity index (χ1) is 21.1. The van der Waals surface area contributed by atoms with Gasteiger partial charge in [0.05, 0.1) is 26.2 Å². The van der Waals surface area contributed by atoms with Crippen LogP contribution in [0.3, 0.4) is 0 Å². The van der Waals surface area contributed by atoms with Gasteiger partial charge in [0.1, 0.15) is 22.6 Å². The third-order valence-electron chi connectivity index (χ3n) is 8.15. The van der Waals surface area contributed by atoms with E-state index in [-0.39, 0.29) is 47.8 Å². The zero-order valence-corrected chi connectivity index (χ0v) is 27.2. The number of nitrogens with one attached hydrogen (secondary N) is 2. The van der Waals surface area contributed by atoms with Crippen molar-refractivity contribution in [2.75, 3.05) is 14.2 Å². The monoisotopic (exact) mass is 623 g/mol. The van der Waals surface area contributed by atoms with E-state index in [1.165, 1.54) is 18.4 Å². The van der Waals surface area contributed by atoms with E-state index in [1.54, 1.807) is 19.4 Å². The maximum atomic E-state index is 13.3. The van der Waals surface area contributed by atoms with Crippen molar-refractivity contribution in [1.29, 1.82) is 0 Å². The maximum Gasteiger partial charge on any atom is 0.308 e. The van der Waals surface area contributed by atoms with Crippen LogP contribution >= 0.6 is 11.3 Å². The number of hydrogen-bond donors (Lipinski definition) is 3. The number of esters is 1. The van der Waals surface area contributed by atoms with E-state index in [4.69, 9.17) is 9.47 Å².